The summed E-state index contributed by atoms with van der Waals surface area (Å²) in [6, 6.07) is 10.4. The molecule has 0 aromatic heterocycles. The summed E-state index contributed by atoms with van der Waals surface area (Å²) >= 11 is 0. The van der Waals surface area contributed by atoms with Gasteiger partial charge in [0.15, 0.2) is 0 Å². The molecule has 1 aliphatic rings. The highest BCUT2D eigenvalue weighted by molar-refractivity contribution is 5.67. The van der Waals surface area contributed by atoms with Crippen LogP contribution in [0.2, 0.25) is 0 Å². The molecule has 3 heteroatoms. The van der Waals surface area contributed by atoms with Gasteiger partial charge in [-0.05, 0) is 49.6 Å². The van der Waals surface area contributed by atoms with Gasteiger partial charge >= 0.3 is 5.97 Å². The Bertz CT molecular complexity index is 383. The highest BCUT2D eigenvalue weighted by atomic mass is 16.4. The Morgan fingerprint density at radius 1 is 1.11 bits per heavy atom. The molecule has 104 valence electrons. The first-order valence-corrected chi connectivity index (χ1v) is 7.20. The largest absolute Gasteiger partial charge is 0.481 e. The number of carboxylic acids is 1. The van der Waals surface area contributed by atoms with Crippen molar-refractivity contribution in [3.05, 3.63) is 35.9 Å². The monoisotopic (exact) mass is 261 g/mol. The Kier molecular flexibility index (Phi) is 5.40. The number of hydrogen-bond donors (Lipinski definition) is 2. The Morgan fingerprint density at radius 3 is 2.37 bits per heavy atom. The first kappa shape index (κ1) is 14.1. The predicted octanol–water partition coefficient (Wildman–Crippen LogP) is 3.06. The van der Waals surface area contributed by atoms with Crippen molar-refractivity contribution in [2.75, 3.05) is 6.54 Å². The fraction of sp³-hybridized carbons (Fsp3) is 0.562. The average molecular weight is 261 g/mol. The summed E-state index contributed by atoms with van der Waals surface area (Å²) in [7, 11) is 0. The molecule has 2 N–H and O–H groups in total. The fourth-order valence-electron chi connectivity index (χ4n) is 2.90. The van der Waals surface area contributed by atoms with E-state index < -0.39 is 5.97 Å². The van der Waals surface area contributed by atoms with E-state index in [4.69, 9.17) is 5.11 Å². The second kappa shape index (κ2) is 7.29. The second-order valence-electron chi connectivity index (χ2n) is 5.60. The molecule has 19 heavy (non-hydrogen) atoms. The molecule has 0 aliphatic heterocycles. The molecule has 0 heterocycles. The van der Waals surface area contributed by atoms with Gasteiger partial charge in [0.25, 0.3) is 0 Å². The van der Waals surface area contributed by atoms with E-state index in [-0.39, 0.29) is 0 Å². The minimum absolute atomic E-state index is 0.351. The van der Waals surface area contributed by atoms with Crippen LogP contribution in [0, 0.1) is 11.8 Å². The first-order valence-electron chi connectivity index (χ1n) is 7.20. The molecule has 0 amide bonds. The lowest BCUT2D eigenvalue weighted by Gasteiger charge is -2.27. The fourth-order valence-corrected chi connectivity index (χ4v) is 2.90. The van der Waals surface area contributed by atoms with E-state index in [2.05, 4.69) is 29.6 Å². The number of aliphatic carboxylic acids is 1. The van der Waals surface area contributed by atoms with Gasteiger partial charge in [-0.1, -0.05) is 30.3 Å². The van der Waals surface area contributed by atoms with E-state index >= 15 is 0 Å². The van der Waals surface area contributed by atoms with Crippen molar-refractivity contribution < 1.29 is 9.90 Å². The number of nitrogens with one attached hydrogen (secondary N) is 1. The standard InChI is InChI=1S/C16H23NO2/c18-16(19)10-13-6-8-15(9-7-13)12-17-11-14-4-2-1-3-5-14/h1-5,13,15,17H,6-12H2,(H,18,19)/t13-,15+. The Labute approximate surface area is 115 Å². The molecule has 1 aromatic rings. The lowest BCUT2D eigenvalue weighted by atomic mass is 9.80. The number of hydrogen-bond acceptors (Lipinski definition) is 2. The first-order chi connectivity index (χ1) is 9.24. The van der Waals surface area contributed by atoms with Gasteiger partial charge < -0.3 is 10.4 Å². The number of carbonyl (C=O) groups is 1. The van der Waals surface area contributed by atoms with Crippen molar-refractivity contribution in [1.29, 1.82) is 0 Å². The Morgan fingerprint density at radius 2 is 1.74 bits per heavy atom. The number of rotatable bonds is 6. The summed E-state index contributed by atoms with van der Waals surface area (Å²) in [6.45, 7) is 1.98. The maximum absolute atomic E-state index is 10.7. The zero-order chi connectivity index (χ0) is 13.5. The smallest absolute Gasteiger partial charge is 0.303 e. The van der Waals surface area contributed by atoms with Crippen LogP contribution in [0.3, 0.4) is 0 Å². The maximum atomic E-state index is 10.7. The number of benzene rings is 1. The highest BCUT2D eigenvalue weighted by Crippen LogP contribution is 2.30. The van der Waals surface area contributed by atoms with Crippen LogP contribution in [0.25, 0.3) is 0 Å². The topological polar surface area (TPSA) is 49.3 Å². The summed E-state index contributed by atoms with van der Waals surface area (Å²) in [5.41, 5.74) is 1.32. The molecule has 0 spiro atoms. The third kappa shape index (κ3) is 5.03. The summed E-state index contributed by atoms with van der Waals surface area (Å²) in [5.74, 6) is 0.474. The van der Waals surface area contributed by atoms with Crippen LogP contribution in [0.15, 0.2) is 30.3 Å². The van der Waals surface area contributed by atoms with E-state index in [0.29, 0.717) is 18.3 Å². The summed E-state index contributed by atoms with van der Waals surface area (Å²) in [5, 5.41) is 12.3. The molecule has 1 fully saturated rings. The van der Waals surface area contributed by atoms with Gasteiger partial charge in [0.05, 0.1) is 0 Å². The van der Waals surface area contributed by atoms with E-state index in [1.165, 1.54) is 18.4 Å². The minimum Gasteiger partial charge on any atom is -0.481 e. The molecule has 0 saturated heterocycles. The zero-order valence-corrected chi connectivity index (χ0v) is 11.3. The quantitative estimate of drug-likeness (QED) is 0.827. The summed E-state index contributed by atoms with van der Waals surface area (Å²) in [4.78, 5) is 10.7. The molecule has 0 radical (unpaired) electrons. The normalized spacial score (nSPS) is 23.2. The van der Waals surface area contributed by atoms with Crippen molar-refractivity contribution in [2.45, 2.75) is 38.6 Å². The van der Waals surface area contributed by atoms with Gasteiger partial charge in [-0.25, -0.2) is 0 Å². The van der Waals surface area contributed by atoms with Crippen LogP contribution >= 0.6 is 0 Å². The lowest BCUT2D eigenvalue weighted by molar-refractivity contribution is -0.138. The highest BCUT2D eigenvalue weighted by Gasteiger charge is 2.22. The SMILES string of the molecule is O=C(O)C[C@H]1CC[C@@H](CNCc2ccccc2)CC1. The summed E-state index contributed by atoms with van der Waals surface area (Å²) < 4.78 is 0. The van der Waals surface area contributed by atoms with Gasteiger partial charge in [-0.3, -0.25) is 4.79 Å². The minimum atomic E-state index is -0.648. The molecular formula is C16H23NO2. The maximum Gasteiger partial charge on any atom is 0.303 e. The molecular weight excluding hydrogens is 238 g/mol. The van der Waals surface area contributed by atoms with Crippen LogP contribution in [-0.4, -0.2) is 17.6 Å². The summed E-state index contributed by atoms with van der Waals surface area (Å²) in [6.07, 6.45) is 4.83. The van der Waals surface area contributed by atoms with Crippen LogP contribution in [0.5, 0.6) is 0 Å². The van der Waals surface area contributed by atoms with Crippen molar-refractivity contribution in [3.63, 3.8) is 0 Å². The van der Waals surface area contributed by atoms with Crippen LogP contribution in [-0.2, 0) is 11.3 Å². The lowest BCUT2D eigenvalue weighted by Crippen LogP contribution is -2.26. The predicted molar refractivity (Wildman–Crippen MR) is 75.8 cm³/mol. The van der Waals surface area contributed by atoms with Gasteiger partial charge in [-0.15, -0.1) is 0 Å². The Balaban J connectivity index is 1.62. The average Bonchev–Trinajstić information content (AvgIpc) is 2.41. The molecule has 0 atom stereocenters. The van der Waals surface area contributed by atoms with Crippen molar-refractivity contribution in [1.82, 2.24) is 5.32 Å². The molecule has 1 saturated carbocycles. The third-order valence-corrected chi connectivity index (χ3v) is 4.03. The number of carboxylic acid groups (broad SMARTS) is 1. The second-order valence-corrected chi connectivity index (χ2v) is 5.60. The molecule has 1 aliphatic carbocycles. The van der Waals surface area contributed by atoms with Crippen LogP contribution in [0.1, 0.15) is 37.7 Å². The van der Waals surface area contributed by atoms with E-state index in [0.717, 1.165) is 25.9 Å². The third-order valence-electron chi connectivity index (χ3n) is 4.03. The molecule has 0 bridgehead atoms. The van der Waals surface area contributed by atoms with Crippen molar-refractivity contribution in [3.8, 4) is 0 Å². The van der Waals surface area contributed by atoms with E-state index in [9.17, 15) is 4.79 Å². The van der Waals surface area contributed by atoms with Crippen LogP contribution in [0.4, 0.5) is 0 Å². The van der Waals surface area contributed by atoms with Crippen molar-refractivity contribution in [2.24, 2.45) is 11.8 Å². The van der Waals surface area contributed by atoms with Gasteiger partial charge in [-0.2, -0.15) is 0 Å². The molecule has 0 unspecified atom stereocenters. The van der Waals surface area contributed by atoms with Gasteiger partial charge in [0.1, 0.15) is 0 Å². The van der Waals surface area contributed by atoms with Crippen LogP contribution < -0.4 is 5.32 Å². The van der Waals surface area contributed by atoms with Gasteiger partial charge in [0, 0.05) is 13.0 Å². The molecule has 1 aromatic carbocycles. The zero-order valence-electron chi connectivity index (χ0n) is 11.3. The van der Waals surface area contributed by atoms with E-state index in [1.807, 2.05) is 6.07 Å². The molecule has 2 rings (SSSR count). The molecule has 3 nitrogen and oxygen atoms in total. The Hall–Kier alpha value is -1.35. The van der Waals surface area contributed by atoms with Gasteiger partial charge in [0.2, 0.25) is 0 Å². The van der Waals surface area contributed by atoms with Crippen molar-refractivity contribution >= 4 is 5.97 Å². The van der Waals surface area contributed by atoms with E-state index in [1.54, 1.807) is 0 Å².